The molecule has 0 spiro atoms. The van der Waals surface area contributed by atoms with Crippen molar-refractivity contribution in [2.45, 2.75) is 50.7 Å². The van der Waals surface area contributed by atoms with Crippen LogP contribution in [0.2, 0.25) is 0 Å². The number of hydrogen-bond donors (Lipinski definition) is 3. The van der Waals surface area contributed by atoms with Crippen LogP contribution in [0.1, 0.15) is 38.7 Å². The molecule has 116 valence electrons. The average molecular weight is 290 g/mol. The van der Waals surface area contributed by atoms with Gasteiger partial charge in [0.05, 0.1) is 11.5 Å². The first kappa shape index (κ1) is 16.0. The molecule has 0 radical (unpaired) electrons. The molecular formula is C17H26N2O2. The summed E-state index contributed by atoms with van der Waals surface area (Å²) in [5.41, 5.74) is 0.646. The molecule has 4 nitrogen and oxygen atoms in total. The second-order valence-electron chi connectivity index (χ2n) is 6.16. The molecule has 3 N–H and O–H groups in total. The van der Waals surface area contributed by atoms with E-state index in [1.807, 2.05) is 37.3 Å². The van der Waals surface area contributed by atoms with Crippen molar-refractivity contribution >= 4 is 5.91 Å². The molecule has 1 saturated heterocycles. The first-order valence-electron chi connectivity index (χ1n) is 7.80. The Morgan fingerprint density at radius 1 is 1.29 bits per heavy atom. The number of rotatable bonds is 5. The van der Waals surface area contributed by atoms with Gasteiger partial charge in [-0.2, -0.15) is 0 Å². The Labute approximate surface area is 126 Å². The molecule has 0 saturated carbocycles. The molecule has 1 aliphatic rings. The molecule has 2 rings (SSSR count). The highest BCUT2D eigenvalue weighted by Crippen LogP contribution is 2.34. The normalized spacial score (nSPS) is 20.5. The molecule has 1 aromatic carbocycles. The van der Waals surface area contributed by atoms with Crippen molar-refractivity contribution in [2.75, 3.05) is 13.1 Å². The van der Waals surface area contributed by atoms with Crippen LogP contribution in [0.15, 0.2) is 30.3 Å². The summed E-state index contributed by atoms with van der Waals surface area (Å²) in [4.78, 5) is 12.9. The second-order valence-corrected chi connectivity index (χ2v) is 6.16. The predicted octanol–water partition coefficient (Wildman–Crippen LogP) is 1.58. The number of aliphatic hydroxyl groups is 1. The maximum Gasteiger partial charge on any atom is 0.230 e. The van der Waals surface area contributed by atoms with Gasteiger partial charge < -0.3 is 15.7 Å². The summed E-state index contributed by atoms with van der Waals surface area (Å²) in [7, 11) is 0. The largest absolute Gasteiger partial charge is 0.393 e. The van der Waals surface area contributed by atoms with E-state index in [0.717, 1.165) is 31.5 Å². The summed E-state index contributed by atoms with van der Waals surface area (Å²) in [5.74, 6) is 0.0864. The van der Waals surface area contributed by atoms with E-state index < -0.39 is 11.5 Å². The Morgan fingerprint density at radius 3 is 2.48 bits per heavy atom. The van der Waals surface area contributed by atoms with E-state index in [0.29, 0.717) is 6.42 Å². The highest BCUT2D eigenvalue weighted by molar-refractivity contribution is 5.88. The van der Waals surface area contributed by atoms with Gasteiger partial charge in [0, 0.05) is 6.04 Å². The summed E-state index contributed by atoms with van der Waals surface area (Å²) >= 11 is 0. The topological polar surface area (TPSA) is 61.4 Å². The zero-order valence-electron chi connectivity index (χ0n) is 12.9. The molecule has 0 bridgehead atoms. The van der Waals surface area contributed by atoms with Crippen molar-refractivity contribution in [1.82, 2.24) is 10.6 Å². The monoisotopic (exact) mass is 290 g/mol. The number of hydrogen-bond acceptors (Lipinski definition) is 3. The van der Waals surface area contributed by atoms with Crippen LogP contribution in [0.5, 0.6) is 0 Å². The van der Waals surface area contributed by atoms with Gasteiger partial charge in [-0.3, -0.25) is 4.79 Å². The van der Waals surface area contributed by atoms with Crippen LogP contribution in [0.25, 0.3) is 0 Å². The lowest BCUT2D eigenvalue weighted by Crippen LogP contribution is -2.52. The second kappa shape index (κ2) is 7.05. The maximum atomic E-state index is 12.9. The Balaban J connectivity index is 2.18. The fraction of sp³-hybridized carbons (Fsp3) is 0.588. The van der Waals surface area contributed by atoms with Crippen molar-refractivity contribution in [3.63, 3.8) is 0 Å². The van der Waals surface area contributed by atoms with Gasteiger partial charge in [-0.1, -0.05) is 30.3 Å². The Morgan fingerprint density at radius 2 is 1.90 bits per heavy atom. The van der Waals surface area contributed by atoms with Crippen molar-refractivity contribution in [3.8, 4) is 0 Å². The Bertz CT molecular complexity index is 453. The summed E-state index contributed by atoms with van der Waals surface area (Å²) < 4.78 is 0. The SMILES string of the molecule is CC(O)CC(C)NC(=O)C1(c2ccccc2)CCNCC1. The number of benzene rings is 1. The third kappa shape index (κ3) is 3.83. The molecule has 4 heteroatoms. The fourth-order valence-electron chi connectivity index (χ4n) is 3.19. The Kier molecular flexibility index (Phi) is 5.37. The highest BCUT2D eigenvalue weighted by atomic mass is 16.3. The molecule has 1 fully saturated rings. The number of carbonyl (C=O) groups excluding carboxylic acids is 1. The Hall–Kier alpha value is -1.39. The van der Waals surface area contributed by atoms with E-state index in [9.17, 15) is 9.90 Å². The van der Waals surface area contributed by atoms with Crippen molar-refractivity contribution in [1.29, 1.82) is 0 Å². The summed E-state index contributed by atoms with van der Waals surface area (Å²) in [6, 6.07) is 10.0. The summed E-state index contributed by atoms with van der Waals surface area (Å²) in [6.07, 6.45) is 1.80. The van der Waals surface area contributed by atoms with Gasteiger partial charge >= 0.3 is 0 Å². The third-order valence-corrected chi connectivity index (χ3v) is 4.29. The molecule has 0 aromatic heterocycles. The van der Waals surface area contributed by atoms with E-state index in [-0.39, 0.29) is 11.9 Å². The van der Waals surface area contributed by atoms with Gasteiger partial charge in [0.1, 0.15) is 0 Å². The summed E-state index contributed by atoms with van der Waals surface area (Å²) in [6.45, 7) is 5.41. The van der Waals surface area contributed by atoms with Gasteiger partial charge in [-0.15, -0.1) is 0 Å². The summed E-state index contributed by atoms with van der Waals surface area (Å²) in [5, 5.41) is 15.9. The molecule has 1 aliphatic heterocycles. The van der Waals surface area contributed by atoms with Crippen LogP contribution >= 0.6 is 0 Å². The lowest BCUT2D eigenvalue weighted by atomic mass is 9.72. The molecule has 2 atom stereocenters. The van der Waals surface area contributed by atoms with Gasteiger partial charge in [0.2, 0.25) is 5.91 Å². The fourth-order valence-corrected chi connectivity index (χ4v) is 3.19. The number of nitrogens with one attached hydrogen (secondary N) is 2. The van der Waals surface area contributed by atoms with Crippen LogP contribution in [0.3, 0.4) is 0 Å². The van der Waals surface area contributed by atoms with Crippen LogP contribution in [0, 0.1) is 0 Å². The van der Waals surface area contributed by atoms with E-state index in [2.05, 4.69) is 10.6 Å². The molecule has 0 aliphatic carbocycles. The van der Waals surface area contributed by atoms with E-state index in [1.165, 1.54) is 0 Å². The van der Waals surface area contributed by atoms with Crippen LogP contribution < -0.4 is 10.6 Å². The van der Waals surface area contributed by atoms with Gasteiger partial charge in [0.15, 0.2) is 0 Å². The van der Waals surface area contributed by atoms with Crippen LogP contribution in [0.4, 0.5) is 0 Å². The standard InChI is InChI=1S/C17H26N2O2/c1-13(12-14(2)20)19-16(21)17(8-10-18-11-9-17)15-6-4-3-5-7-15/h3-7,13-14,18,20H,8-12H2,1-2H3,(H,19,21). The molecule has 21 heavy (non-hydrogen) atoms. The molecule has 1 amide bonds. The van der Waals surface area contributed by atoms with Gasteiger partial charge in [-0.05, 0) is 51.8 Å². The highest BCUT2D eigenvalue weighted by Gasteiger charge is 2.41. The van der Waals surface area contributed by atoms with Crippen molar-refractivity contribution in [2.24, 2.45) is 0 Å². The number of aliphatic hydroxyl groups excluding tert-OH is 1. The van der Waals surface area contributed by atoms with E-state index in [4.69, 9.17) is 0 Å². The lowest BCUT2D eigenvalue weighted by molar-refractivity contribution is -0.128. The van der Waals surface area contributed by atoms with E-state index >= 15 is 0 Å². The van der Waals surface area contributed by atoms with Crippen LogP contribution in [-0.2, 0) is 10.2 Å². The smallest absolute Gasteiger partial charge is 0.230 e. The predicted molar refractivity (Wildman–Crippen MR) is 84.1 cm³/mol. The van der Waals surface area contributed by atoms with Gasteiger partial charge in [0.25, 0.3) is 0 Å². The minimum Gasteiger partial charge on any atom is -0.393 e. The minimum atomic E-state index is -0.445. The lowest BCUT2D eigenvalue weighted by Gasteiger charge is -2.37. The first-order chi connectivity index (χ1) is 10.0. The maximum absolute atomic E-state index is 12.9. The molecule has 2 unspecified atom stereocenters. The number of carbonyl (C=O) groups is 1. The number of amides is 1. The molecular weight excluding hydrogens is 264 g/mol. The van der Waals surface area contributed by atoms with Crippen molar-refractivity contribution < 1.29 is 9.90 Å². The zero-order valence-corrected chi connectivity index (χ0v) is 12.9. The zero-order chi connectivity index (χ0) is 15.3. The quantitative estimate of drug-likeness (QED) is 0.771. The minimum absolute atomic E-state index is 0.0204. The molecule has 1 heterocycles. The van der Waals surface area contributed by atoms with Crippen LogP contribution in [-0.4, -0.2) is 36.2 Å². The molecule has 1 aromatic rings. The van der Waals surface area contributed by atoms with Gasteiger partial charge in [-0.25, -0.2) is 0 Å². The van der Waals surface area contributed by atoms with Crippen molar-refractivity contribution in [3.05, 3.63) is 35.9 Å². The third-order valence-electron chi connectivity index (χ3n) is 4.29. The first-order valence-corrected chi connectivity index (χ1v) is 7.80. The number of piperidine rings is 1. The van der Waals surface area contributed by atoms with E-state index in [1.54, 1.807) is 6.92 Å². The average Bonchev–Trinajstić information content (AvgIpc) is 2.48.